The molecule has 28 heavy (non-hydrogen) atoms. The Labute approximate surface area is 164 Å². The number of hydrogen-bond acceptors (Lipinski definition) is 7. The van der Waals surface area contributed by atoms with Crippen LogP contribution in [-0.4, -0.2) is 48.0 Å². The zero-order valence-electron chi connectivity index (χ0n) is 15.2. The maximum Gasteiger partial charge on any atom is 0.341 e. The zero-order valence-corrected chi connectivity index (χ0v) is 16.0. The Balaban J connectivity index is 2.23. The first kappa shape index (κ1) is 21.6. The molecule has 152 valence electrons. The highest BCUT2D eigenvalue weighted by atomic mass is 32.2. The second-order valence-corrected chi connectivity index (χ2v) is 6.46. The molecule has 0 saturated heterocycles. The molecule has 0 saturated carbocycles. The van der Waals surface area contributed by atoms with Gasteiger partial charge in [-0.1, -0.05) is 6.92 Å². The molecule has 2 N–H and O–H groups in total. The van der Waals surface area contributed by atoms with Crippen molar-refractivity contribution in [2.75, 3.05) is 13.2 Å². The van der Waals surface area contributed by atoms with E-state index in [4.69, 9.17) is 9.47 Å². The molecule has 0 fully saturated rings. The van der Waals surface area contributed by atoms with E-state index in [1.54, 1.807) is 13.8 Å². The van der Waals surface area contributed by atoms with Crippen molar-refractivity contribution >= 4 is 29.7 Å². The molecule has 2 heterocycles. The fourth-order valence-electron chi connectivity index (χ4n) is 2.52. The summed E-state index contributed by atoms with van der Waals surface area (Å²) in [7, 11) is 0. The number of amides is 2. The van der Waals surface area contributed by atoms with Gasteiger partial charge in [0.15, 0.2) is 0 Å². The average molecular weight is 415 g/mol. The predicted octanol–water partition coefficient (Wildman–Crippen LogP) is 2.46. The summed E-state index contributed by atoms with van der Waals surface area (Å²) in [6, 6.07) is 1.55. The molecule has 1 aromatic rings. The van der Waals surface area contributed by atoms with Gasteiger partial charge in [0.25, 0.3) is 5.76 Å². The Morgan fingerprint density at radius 1 is 1.29 bits per heavy atom. The van der Waals surface area contributed by atoms with Gasteiger partial charge in [0, 0.05) is 6.20 Å². The van der Waals surface area contributed by atoms with Crippen molar-refractivity contribution in [3.63, 3.8) is 0 Å². The predicted molar refractivity (Wildman–Crippen MR) is 95.8 cm³/mol. The Kier molecular flexibility index (Phi) is 7.73. The fraction of sp³-hybridized carbons (Fsp3) is 0.412. The molecule has 1 aliphatic heterocycles. The highest BCUT2D eigenvalue weighted by molar-refractivity contribution is 7.99. The Bertz CT molecular complexity index is 788. The first-order valence-electron chi connectivity index (χ1n) is 8.41. The maximum atomic E-state index is 12.6. The molecule has 0 spiro atoms. The minimum absolute atomic E-state index is 0.0781. The molecule has 0 aliphatic carbocycles. The summed E-state index contributed by atoms with van der Waals surface area (Å²) in [6.45, 7) is 3.09. The number of thioether (sulfide) groups is 1. The third-order valence-corrected chi connectivity index (χ3v) is 4.41. The topological polar surface area (TPSA) is 107 Å². The third kappa shape index (κ3) is 5.41. The quantitative estimate of drug-likeness (QED) is 0.496. The first-order chi connectivity index (χ1) is 13.4. The van der Waals surface area contributed by atoms with Crippen molar-refractivity contribution < 1.29 is 32.6 Å². The summed E-state index contributed by atoms with van der Waals surface area (Å²) in [6.07, 6.45) is 1.69. The summed E-state index contributed by atoms with van der Waals surface area (Å²) in [5.41, 5.74) is 0.0813. The number of halogens is 2. The normalized spacial score (nSPS) is 16.5. The number of esters is 2. The van der Waals surface area contributed by atoms with Gasteiger partial charge in [0.2, 0.25) is 0 Å². The smallest absolute Gasteiger partial charge is 0.341 e. The van der Waals surface area contributed by atoms with E-state index < -0.39 is 36.4 Å². The van der Waals surface area contributed by atoms with E-state index in [2.05, 4.69) is 15.6 Å². The van der Waals surface area contributed by atoms with Crippen molar-refractivity contribution in [3.8, 4) is 0 Å². The molecule has 11 heteroatoms. The van der Waals surface area contributed by atoms with E-state index in [1.807, 2.05) is 0 Å². The molecule has 1 aromatic heterocycles. The van der Waals surface area contributed by atoms with Crippen LogP contribution in [0.1, 0.15) is 30.6 Å². The molecule has 0 radical (unpaired) electrons. The van der Waals surface area contributed by atoms with E-state index in [-0.39, 0.29) is 40.2 Å². The summed E-state index contributed by atoms with van der Waals surface area (Å²) < 4.78 is 35.4. The number of alkyl halides is 2. The van der Waals surface area contributed by atoms with Crippen molar-refractivity contribution in [3.05, 3.63) is 35.2 Å². The molecular weight excluding hydrogens is 396 g/mol. The number of rotatable bonds is 8. The number of pyridine rings is 1. The van der Waals surface area contributed by atoms with Gasteiger partial charge < -0.3 is 20.1 Å². The molecule has 1 aliphatic rings. The van der Waals surface area contributed by atoms with E-state index >= 15 is 0 Å². The number of nitrogens with zero attached hydrogens (tertiary/aromatic N) is 1. The number of hydrogen-bond donors (Lipinski definition) is 2. The molecule has 0 unspecified atom stereocenters. The fourth-order valence-corrected chi connectivity index (χ4v) is 3.08. The van der Waals surface area contributed by atoms with Gasteiger partial charge in [-0.25, -0.2) is 19.4 Å². The molecule has 0 bridgehead atoms. The first-order valence-corrected chi connectivity index (χ1v) is 9.29. The van der Waals surface area contributed by atoms with Crippen LogP contribution in [0.2, 0.25) is 0 Å². The molecule has 2 rings (SSSR count). The minimum Gasteiger partial charge on any atom is -0.463 e. The van der Waals surface area contributed by atoms with Crippen molar-refractivity contribution in [1.29, 1.82) is 0 Å². The summed E-state index contributed by atoms with van der Waals surface area (Å²) in [5, 5.41) is 4.85. The summed E-state index contributed by atoms with van der Waals surface area (Å²) in [5.74, 6) is -4.32. The number of ether oxygens (including phenoxy) is 2. The second-order valence-electron chi connectivity index (χ2n) is 5.48. The molecule has 0 aromatic carbocycles. The van der Waals surface area contributed by atoms with Crippen LogP contribution in [0, 0.1) is 0 Å². The monoisotopic (exact) mass is 415 g/mol. The van der Waals surface area contributed by atoms with Crippen LogP contribution in [-0.2, 0) is 14.3 Å². The van der Waals surface area contributed by atoms with Gasteiger partial charge in [-0.15, -0.1) is 0 Å². The standard InChI is InChI=1S/C17H19F2N3O5S/c1-3-10-12(15(24)26-4-2)11(22-17(25)21-10)8-27-14(23)9-6-5-7-20-13(9)28-16(18)19/h5-7,10,16H,3-4,8H2,1-2H3,(H2,21,22,25)/t10-/m1/s1. The summed E-state index contributed by atoms with van der Waals surface area (Å²) in [4.78, 5) is 40.2. The largest absolute Gasteiger partial charge is 0.463 e. The van der Waals surface area contributed by atoms with Gasteiger partial charge in [0.05, 0.1) is 29.5 Å². The van der Waals surface area contributed by atoms with Crippen LogP contribution >= 0.6 is 11.8 Å². The van der Waals surface area contributed by atoms with E-state index in [0.717, 1.165) is 0 Å². The van der Waals surface area contributed by atoms with Crippen molar-refractivity contribution in [1.82, 2.24) is 15.6 Å². The van der Waals surface area contributed by atoms with Gasteiger partial charge in [-0.2, -0.15) is 8.78 Å². The molecular formula is C17H19F2N3O5S. The molecule has 8 nitrogen and oxygen atoms in total. The van der Waals surface area contributed by atoms with Gasteiger partial charge in [0.1, 0.15) is 11.6 Å². The average Bonchev–Trinajstić information content (AvgIpc) is 2.65. The molecule has 2 amide bonds. The lowest BCUT2D eigenvalue weighted by Crippen LogP contribution is -2.51. The third-order valence-electron chi connectivity index (χ3n) is 3.69. The lowest BCUT2D eigenvalue weighted by Gasteiger charge is -2.28. The Morgan fingerprint density at radius 3 is 2.68 bits per heavy atom. The van der Waals surface area contributed by atoms with Crippen LogP contribution in [0.4, 0.5) is 13.6 Å². The molecule has 1 atom stereocenters. The van der Waals surface area contributed by atoms with Crippen molar-refractivity contribution in [2.24, 2.45) is 0 Å². The van der Waals surface area contributed by atoms with Gasteiger partial charge in [-0.05, 0) is 37.2 Å². The highest BCUT2D eigenvalue weighted by Crippen LogP contribution is 2.27. The number of carbonyl (C=O) groups excluding carboxylic acids is 3. The summed E-state index contributed by atoms with van der Waals surface area (Å²) >= 11 is 0.120. The lowest BCUT2D eigenvalue weighted by atomic mass is 10.0. The van der Waals surface area contributed by atoms with Crippen LogP contribution in [0.25, 0.3) is 0 Å². The van der Waals surface area contributed by atoms with Crippen LogP contribution in [0.3, 0.4) is 0 Å². The number of urea groups is 1. The highest BCUT2D eigenvalue weighted by Gasteiger charge is 2.32. The second kappa shape index (κ2) is 10.0. The van der Waals surface area contributed by atoms with Crippen LogP contribution < -0.4 is 10.6 Å². The van der Waals surface area contributed by atoms with E-state index in [9.17, 15) is 23.2 Å². The maximum absolute atomic E-state index is 12.6. The van der Waals surface area contributed by atoms with Gasteiger partial charge >= 0.3 is 18.0 Å². The Hall–Kier alpha value is -2.69. The van der Waals surface area contributed by atoms with Crippen molar-refractivity contribution in [2.45, 2.75) is 37.1 Å². The van der Waals surface area contributed by atoms with Crippen LogP contribution in [0.15, 0.2) is 34.6 Å². The number of aromatic nitrogens is 1. The SMILES string of the molecule is CCOC(=O)C1=C(COC(=O)c2cccnc2SC(F)F)NC(=O)N[C@@H]1CC. The van der Waals surface area contributed by atoms with E-state index in [0.29, 0.717) is 6.42 Å². The number of nitrogens with one attached hydrogen (secondary N) is 2. The minimum atomic E-state index is -2.76. The lowest BCUT2D eigenvalue weighted by molar-refractivity contribution is -0.139. The number of carbonyl (C=O) groups is 3. The van der Waals surface area contributed by atoms with Crippen LogP contribution in [0.5, 0.6) is 0 Å². The zero-order chi connectivity index (χ0) is 20.7. The Morgan fingerprint density at radius 2 is 2.04 bits per heavy atom. The van der Waals surface area contributed by atoms with E-state index in [1.165, 1.54) is 18.3 Å². The van der Waals surface area contributed by atoms with Gasteiger partial charge in [-0.3, -0.25) is 0 Å².